The fourth-order valence-electron chi connectivity index (χ4n) is 2.97. The van der Waals surface area contributed by atoms with Crippen LogP contribution in [0.25, 0.3) is 6.08 Å². The number of benzene rings is 1. The van der Waals surface area contributed by atoms with Gasteiger partial charge in [-0.05, 0) is 37.1 Å². The van der Waals surface area contributed by atoms with Crippen LogP contribution in [0.4, 0.5) is 0 Å². The molecule has 0 spiro atoms. The second-order valence-electron chi connectivity index (χ2n) is 5.93. The molecule has 1 heterocycles. The molecule has 0 atom stereocenters. The van der Waals surface area contributed by atoms with Crippen LogP contribution < -0.4 is 9.47 Å². The topological polar surface area (TPSA) is 74.3 Å². The van der Waals surface area contributed by atoms with Crippen LogP contribution in [-0.2, 0) is 19.1 Å². The number of hydrogen-bond donors (Lipinski definition) is 0. The van der Waals surface area contributed by atoms with Gasteiger partial charge in [-0.3, -0.25) is 4.79 Å². The number of carbonyl (C=O) groups excluding carboxylic acids is 2. The lowest BCUT2D eigenvalue weighted by atomic mass is 10.0. The number of nitrogens with zero attached hydrogens (tertiary/aromatic N) is 1. The molecular formula is C20H25NO6. The lowest BCUT2D eigenvalue weighted by molar-refractivity contribution is -0.136. The van der Waals surface area contributed by atoms with Crippen molar-refractivity contribution >= 4 is 18.0 Å². The summed E-state index contributed by atoms with van der Waals surface area (Å²) in [7, 11) is 6.00. The second-order valence-corrected chi connectivity index (χ2v) is 5.93. The van der Waals surface area contributed by atoms with Crippen molar-refractivity contribution in [2.45, 2.75) is 13.3 Å². The van der Waals surface area contributed by atoms with Gasteiger partial charge in [0.25, 0.3) is 5.91 Å². The highest BCUT2D eigenvalue weighted by molar-refractivity contribution is 6.16. The van der Waals surface area contributed by atoms with Gasteiger partial charge in [-0.25, -0.2) is 4.79 Å². The van der Waals surface area contributed by atoms with Gasteiger partial charge in [0.1, 0.15) is 0 Å². The first-order chi connectivity index (χ1) is 13.0. The number of carbonyl (C=O) groups is 2. The highest BCUT2D eigenvalue weighted by Gasteiger charge is 2.36. The van der Waals surface area contributed by atoms with E-state index in [2.05, 4.69) is 0 Å². The van der Waals surface area contributed by atoms with Crippen molar-refractivity contribution in [3.63, 3.8) is 0 Å². The van der Waals surface area contributed by atoms with Gasteiger partial charge in [0.15, 0.2) is 11.5 Å². The molecule has 7 nitrogen and oxygen atoms in total. The zero-order valence-electron chi connectivity index (χ0n) is 16.3. The number of allylic oxidation sites excluding steroid dienone is 1. The molecule has 1 aromatic rings. The van der Waals surface area contributed by atoms with Gasteiger partial charge < -0.3 is 23.8 Å². The predicted molar refractivity (Wildman–Crippen MR) is 100 cm³/mol. The first kappa shape index (κ1) is 20.5. The predicted octanol–water partition coefficient (Wildman–Crippen LogP) is 2.41. The van der Waals surface area contributed by atoms with Crippen molar-refractivity contribution in [2.24, 2.45) is 0 Å². The fourth-order valence-corrected chi connectivity index (χ4v) is 2.97. The lowest BCUT2D eigenvalue weighted by Gasteiger charge is -2.17. The van der Waals surface area contributed by atoms with Crippen molar-refractivity contribution in [1.82, 2.24) is 4.90 Å². The average molecular weight is 375 g/mol. The van der Waals surface area contributed by atoms with Crippen LogP contribution in [0.3, 0.4) is 0 Å². The summed E-state index contributed by atoms with van der Waals surface area (Å²) in [6.07, 6.45) is 2.33. The van der Waals surface area contributed by atoms with E-state index in [9.17, 15) is 9.59 Å². The van der Waals surface area contributed by atoms with Gasteiger partial charge in [-0.15, -0.1) is 0 Å². The minimum absolute atomic E-state index is 0.237. The molecule has 1 aromatic carbocycles. The molecule has 0 unspecified atom stereocenters. The van der Waals surface area contributed by atoms with Gasteiger partial charge in [0.2, 0.25) is 0 Å². The van der Waals surface area contributed by atoms with Gasteiger partial charge in [-0.2, -0.15) is 0 Å². The monoisotopic (exact) mass is 375 g/mol. The van der Waals surface area contributed by atoms with Crippen molar-refractivity contribution in [3.05, 3.63) is 40.6 Å². The van der Waals surface area contributed by atoms with E-state index in [1.807, 2.05) is 0 Å². The SMILES string of the molecule is COCCCN1C(=O)/C(=C/c2ccc(OC)c(OC)c2)C(C(=O)OC)=C1C. The Bertz CT molecular complexity index is 781. The molecular weight excluding hydrogens is 350 g/mol. The summed E-state index contributed by atoms with van der Waals surface area (Å²) < 4.78 is 20.5. The van der Waals surface area contributed by atoms with E-state index in [0.717, 1.165) is 0 Å². The molecule has 7 heteroatoms. The molecule has 27 heavy (non-hydrogen) atoms. The second kappa shape index (κ2) is 9.23. The minimum Gasteiger partial charge on any atom is -0.493 e. The molecule has 0 radical (unpaired) electrons. The normalized spacial score (nSPS) is 15.5. The van der Waals surface area contributed by atoms with Crippen molar-refractivity contribution < 1.29 is 28.5 Å². The van der Waals surface area contributed by atoms with E-state index in [1.165, 1.54) is 14.2 Å². The Balaban J connectivity index is 2.45. The van der Waals surface area contributed by atoms with Gasteiger partial charge in [0, 0.05) is 26.0 Å². The number of amides is 1. The maximum atomic E-state index is 12.9. The number of methoxy groups -OCH3 is 4. The van der Waals surface area contributed by atoms with Crippen LogP contribution in [0.1, 0.15) is 18.9 Å². The van der Waals surface area contributed by atoms with E-state index in [4.69, 9.17) is 18.9 Å². The maximum absolute atomic E-state index is 12.9. The summed E-state index contributed by atoms with van der Waals surface area (Å²) in [4.78, 5) is 26.8. The molecule has 2 rings (SSSR count). The lowest BCUT2D eigenvalue weighted by Crippen LogP contribution is -2.26. The van der Waals surface area contributed by atoms with E-state index >= 15 is 0 Å². The molecule has 1 aliphatic rings. The zero-order chi connectivity index (χ0) is 20.0. The first-order valence-corrected chi connectivity index (χ1v) is 8.52. The van der Waals surface area contributed by atoms with Gasteiger partial charge in [-0.1, -0.05) is 6.07 Å². The Kier molecular flexibility index (Phi) is 7.01. The van der Waals surface area contributed by atoms with E-state index in [-0.39, 0.29) is 11.5 Å². The molecule has 0 N–H and O–H groups in total. The summed E-state index contributed by atoms with van der Waals surface area (Å²) in [6, 6.07) is 5.28. The van der Waals surface area contributed by atoms with Gasteiger partial charge in [0.05, 0.1) is 32.5 Å². The highest BCUT2D eigenvalue weighted by Crippen LogP contribution is 2.33. The van der Waals surface area contributed by atoms with Crippen LogP contribution in [-0.4, -0.2) is 58.4 Å². The Labute approximate surface area is 159 Å². The molecule has 0 saturated heterocycles. The van der Waals surface area contributed by atoms with E-state index in [0.29, 0.717) is 47.9 Å². The first-order valence-electron chi connectivity index (χ1n) is 8.52. The third kappa shape index (κ3) is 4.31. The van der Waals surface area contributed by atoms with Crippen molar-refractivity contribution in [1.29, 1.82) is 0 Å². The molecule has 0 saturated carbocycles. The number of hydrogen-bond acceptors (Lipinski definition) is 6. The Morgan fingerprint density at radius 1 is 1.11 bits per heavy atom. The van der Waals surface area contributed by atoms with Gasteiger partial charge >= 0.3 is 5.97 Å². The van der Waals surface area contributed by atoms with Crippen LogP contribution >= 0.6 is 0 Å². The maximum Gasteiger partial charge on any atom is 0.340 e. The Morgan fingerprint density at radius 2 is 1.81 bits per heavy atom. The zero-order valence-corrected chi connectivity index (χ0v) is 16.3. The molecule has 0 fully saturated rings. The third-order valence-corrected chi connectivity index (χ3v) is 4.35. The van der Waals surface area contributed by atoms with Crippen LogP contribution in [0.5, 0.6) is 11.5 Å². The van der Waals surface area contributed by atoms with Crippen LogP contribution in [0, 0.1) is 0 Å². The molecule has 0 aromatic heterocycles. The summed E-state index contributed by atoms with van der Waals surface area (Å²) in [5.74, 6) is 0.341. The number of rotatable bonds is 8. The summed E-state index contributed by atoms with van der Waals surface area (Å²) in [6.45, 7) is 2.73. The molecule has 0 aliphatic carbocycles. The summed E-state index contributed by atoms with van der Waals surface area (Å²) in [5.41, 5.74) is 1.86. The van der Waals surface area contributed by atoms with E-state index in [1.54, 1.807) is 50.3 Å². The highest BCUT2D eigenvalue weighted by atomic mass is 16.5. The number of esters is 1. The third-order valence-electron chi connectivity index (χ3n) is 4.35. The van der Waals surface area contributed by atoms with E-state index < -0.39 is 5.97 Å². The quantitative estimate of drug-likeness (QED) is 0.395. The molecule has 1 aliphatic heterocycles. The minimum atomic E-state index is -0.540. The summed E-state index contributed by atoms with van der Waals surface area (Å²) >= 11 is 0. The molecule has 0 bridgehead atoms. The smallest absolute Gasteiger partial charge is 0.340 e. The number of ether oxygens (including phenoxy) is 4. The largest absolute Gasteiger partial charge is 0.493 e. The standard InChI is InChI=1S/C20H25NO6/c1-13-18(20(23)27-5)15(19(22)21(13)9-6-10-24-2)11-14-7-8-16(25-3)17(12-14)26-4/h7-8,11-12H,6,9-10H2,1-5H3/b15-11+. The molecule has 1 amide bonds. The summed E-state index contributed by atoms with van der Waals surface area (Å²) in [5, 5.41) is 0. The molecule has 146 valence electrons. The van der Waals surface area contributed by atoms with Crippen molar-refractivity contribution in [3.8, 4) is 11.5 Å². The Hall–Kier alpha value is -2.80. The average Bonchev–Trinajstić information content (AvgIpc) is 2.91. The Morgan fingerprint density at radius 3 is 2.41 bits per heavy atom. The van der Waals surface area contributed by atoms with Crippen LogP contribution in [0.15, 0.2) is 35.0 Å². The fraction of sp³-hybridized carbons (Fsp3) is 0.400. The van der Waals surface area contributed by atoms with Crippen LogP contribution in [0.2, 0.25) is 0 Å². The van der Waals surface area contributed by atoms with Crippen molar-refractivity contribution in [2.75, 3.05) is 41.6 Å².